The smallest absolute Gasteiger partial charge is 0.340 e. The number of halogens is 1. The molecule has 2 aromatic rings. The van der Waals surface area contributed by atoms with Gasteiger partial charge in [0.25, 0.3) is 5.69 Å². The lowest BCUT2D eigenvalue weighted by Crippen LogP contribution is -2.15. The van der Waals surface area contributed by atoms with Crippen LogP contribution in [0.3, 0.4) is 0 Å². The van der Waals surface area contributed by atoms with Gasteiger partial charge in [-0.15, -0.1) is 0 Å². The Morgan fingerprint density at radius 3 is 2.60 bits per heavy atom. The molecule has 0 atom stereocenters. The van der Waals surface area contributed by atoms with Crippen molar-refractivity contribution in [3.63, 3.8) is 0 Å². The lowest BCUT2D eigenvalue weighted by Gasteiger charge is -2.07. The molecule has 0 N–H and O–H groups in total. The van der Waals surface area contributed by atoms with Crippen LogP contribution in [0.1, 0.15) is 38.3 Å². The van der Waals surface area contributed by atoms with Crippen molar-refractivity contribution in [1.82, 2.24) is 0 Å². The van der Waals surface area contributed by atoms with Crippen LogP contribution < -0.4 is 0 Å². The first-order valence-electron chi connectivity index (χ1n) is 7.72. The van der Waals surface area contributed by atoms with Crippen molar-refractivity contribution >= 4 is 29.0 Å². The van der Waals surface area contributed by atoms with Crippen LogP contribution >= 0.6 is 11.6 Å². The number of non-ortho nitro benzene ring substituents is 1. The van der Waals surface area contributed by atoms with Crippen LogP contribution in [0.4, 0.5) is 5.69 Å². The largest absolute Gasteiger partial charge is 0.454 e. The number of benzene rings is 2. The van der Waals surface area contributed by atoms with E-state index in [9.17, 15) is 19.7 Å². The second-order valence-electron chi connectivity index (χ2n) is 5.76. The first-order chi connectivity index (χ1) is 12.0. The highest BCUT2D eigenvalue weighted by Crippen LogP contribution is 2.24. The number of aryl methyl sites for hydroxylation is 2. The maximum absolute atomic E-state index is 12.2. The highest BCUT2D eigenvalue weighted by Gasteiger charge is 2.19. The van der Waals surface area contributed by atoms with Gasteiger partial charge in [-0.05, 0) is 42.5 Å². The maximum atomic E-state index is 12.2. The molecular formula is C18H14ClNO5. The Kier molecular flexibility index (Phi) is 4.81. The van der Waals surface area contributed by atoms with Crippen LogP contribution in [0, 0.1) is 10.1 Å². The van der Waals surface area contributed by atoms with Crippen molar-refractivity contribution in [3.8, 4) is 0 Å². The SMILES string of the molecule is O=C(COC(=O)c1ccc([N+](=O)[O-])cc1Cl)c1ccc2c(c1)CCC2. The van der Waals surface area contributed by atoms with E-state index >= 15 is 0 Å². The summed E-state index contributed by atoms with van der Waals surface area (Å²) >= 11 is 5.87. The molecule has 25 heavy (non-hydrogen) atoms. The summed E-state index contributed by atoms with van der Waals surface area (Å²) in [5.41, 5.74) is 2.68. The van der Waals surface area contributed by atoms with Crippen LogP contribution in [-0.4, -0.2) is 23.3 Å². The lowest BCUT2D eigenvalue weighted by atomic mass is 10.0. The molecule has 0 heterocycles. The number of Topliss-reactive ketones (excluding diaryl/α,β-unsaturated/α-hetero) is 1. The van der Waals surface area contributed by atoms with E-state index in [4.69, 9.17) is 16.3 Å². The van der Waals surface area contributed by atoms with E-state index in [1.165, 1.54) is 11.6 Å². The van der Waals surface area contributed by atoms with Gasteiger partial charge in [-0.2, -0.15) is 0 Å². The van der Waals surface area contributed by atoms with Crippen LogP contribution in [-0.2, 0) is 17.6 Å². The summed E-state index contributed by atoms with van der Waals surface area (Å²) < 4.78 is 5.00. The van der Waals surface area contributed by atoms with Crippen molar-refractivity contribution in [1.29, 1.82) is 0 Å². The second kappa shape index (κ2) is 7.03. The van der Waals surface area contributed by atoms with Gasteiger partial charge in [-0.3, -0.25) is 14.9 Å². The third kappa shape index (κ3) is 3.69. The van der Waals surface area contributed by atoms with Crippen LogP contribution in [0.5, 0.6) is 0 Å². The second-order valence-corrected chi connectivity index (χ2v) is 6.16. The summed E-state index contributed by atoms with van der Waals surface area (Å²) in [6, 6.07) is 8.95. The predicted molar refractivity (Wildman–Crippen MR) is 91.2 cm³/mol. The zero-order valence-electron chi connectivity index (χ0n) is 13.2. The molecule has 128 valence electrons. The van der Waals surface area contributed by atoms with E-state index < -0.39 is 17.5 Å². The molecule has 7 heteroatoms. The molecule has 3 rings (SSSR count). The molecule has 0 spiro atoms. The van der Waals surface area contributed by atoms with Gasteiger partial charge in [0.1, 0.15) is 0 Å². The number of nitro groups is 1. The highest BCUT2D eigenvalue weighted by atomic mass is 35.5. The maximum Gasteiger partial charge on any atom is 0.340 e. The molecule has 0 aromatic heterocycles. The summed E-state index contributed by atoms with van der Waals surface area (Å²) in [5, 5.41) is 10.6. The minimum Gasteiger partial charge on any atom is -0.454 e. The number of nitrogens with zero attached hydrogens (tertiary/aromatic N) is 1. The van der Waals surface area contributed by atoms with E-state index in [0.717, 1.165) is 37.0 Å². The Hall–Kier alpha value is -2.73. The molecule has 1 aliphatic rings. The Morgan fingerprint density at radius 1 is 1.12 bits per heavy atom. The average molecular weight is 360 g/mol. The number of ether oxygens (including phenoxy) is 1. The van der Waals surface area contributed by atoms with Crippen molar-refractivity contribution in [3.05, 3.63) is 73.8 Å². The molecule has 0 saturated heterocycles. The van der Waals surface area contributed by atoms with Gasteiger partial charge in [0.05, 0.1) is 15.5 Å². The zero-order valence-corrected chi connectivity index (χ0v) is 13.9. The Bertz CT molecular complexity index is 878. The third-order valence-electron chi connectivity index (χ3n) is 4.14. The summed E-state index contributed by atoms with van der Waals surface area (Å²) in [7, 11) is 0. The van der Waals surface area contributed by atoms with Gasteiger partial charge in [-0.1, -0.05) is 23.7 Å². The number of nitro benzene ring substituents is 1. The van der Waals surface area contributed by atoms with Gasteiger partial charge in [0.2, 0.25) is 0 Å². The van der Waals surface area contributed by atoms with Gasteiger partial charge < -0.3 is 4.74 Å². The van der Waals surface area contributed by atoms with E-state index in [-0.39, 0.29) is 22.1 Å². The van der Waals surface area contributed by atoms with Gasteiger partial charge in [0.15, 0.2) is 12.4 Å². The highest BCUT2D eigenvalue weighted by molar-refractivity contribution is 6.33. The Labute approximate surface area is 148 Å². The minimum atomic E-state index is -0.797. The quantitative estimate of drug-likeness (QED) is 0.351. The zero-order chi connectivity index (χ0) is 18.0. The lowest BCUT2D eigenvalue weighted by molar-refractivity contribution is -0.384. The summed E-state index contributed by atoms with van der Waals surface area (Å²) in [4.78, 5) is 34.3. The number of carbonyl (C=O) groups excluding carboxylic acids is 2. The topological polar surface area (TPSA) is 86.5 Å². The number of esters is 1. The summed E-state index contributed by atoms with van der Waals surface area (Å²) in [5.74, 6) is -1.10. The molecule has 0 unspecified atom stereocenters. The molecule has 0 radical (unpaired) electrons. The fourth-order valence-corrected chi connectivity index (χ4v) is 3.07. The minimum absolute atomic E-state index is 0.0194. The van der Waals surface area contributed by atoms with Crippen LogP contribution in [0.2, 0.25) is 5.02 Å². The van der Waals surface area contributed by atoms with Gasteiger partial charge in [-0.25, -0.2) is 4.79 Å². The molecule has 1 aliphatic carbocycles. The predicted octanol–water partition coefficient (Wildman–Crippen LogP) is 3.78. The molecular weight excluding hydrogens is 346 g/mol. The molecule has 0 aliphatic heterocycles. The van der Waals surface area contributed by atoms with Gasteiger partial charge in [0, 0.05) is 17.7 Å². The summed E-state index contributed by atoms with van der Waals surface area (Å²) in [6.45, 7) is -0.412. The van der Waals surface area contributed by atoms with Gasteiger partial charge >= 0.3 is 5.97 Å². The standard InChI is InChI=1S/C18H14ClNO5/c19-16-9-14(20(23)24)6-7-15(16)18(22)25-10-17(21)13-5-4-11-2-1-3-12(11)8-13/h4-9H,1-3,10H2. The number of ketones is 1. The van der Waals surface area contributed by atoms with Crippen molar-refractivity contribution in [2.45, 2.75) is 19.3 Å². The average Bonchev–Trinajstić information content (AvgIpc) is 3.06. The first kappa shape index (κ1) is 17.1. The Morgan fingerprint density at radius 2 is 1.88 bits per heavy atom. The monoisotopic (exact) mass is 359 g/mol. The number of hydrogen-bond acceptors (Lipinski definition) is 5. The number of fused-ring (bicyclic) bond motifs is 1. The van der Waals surface area contributed by atoms with E-state index in [1.807, 2.05) is 12.1 Å². The molecule has 6 nitrogen and oxygen atoms in total. The van der Waals surface area contributed by atoms with Crippen LogP contribution in [0.25, 0.3) is 0 Å². The third-order valence-corrected chi connectivity index (χ3v) is 4.45. The summed E-state index contributed by atoms with van der Waals surface area (Å²) in [6.07, 6.45) is 3.06. The number of hydrogen-bond donors (Lipinski definition) is 0. The normalized spacial score (nSPS) is 12.5. The molecule has 0 bridgehead atoms. The van der Waals surface area contributed by atoms with Crippen molar-refractivity contribution < 1.29 is 19.2 Å². The molecule has 2 aromatic carbocycles. The fourth-order valence-electron chi connectivity index (χ4n) is 2.82. The Balaban J connectivity index is 1.66. The van der Waals surface area contributed by atoms with E-state index in [0.29, 0.717) is 5.56 Å². The molecule has 0 saturated carbocycles. The number of carbonyl (C=O) groups is 2. The fraction of sp³-hybridized carbons (Fsp3) is 0.222. The van der Waals surface area contributed by atoms with Crippen LogP contribution in [0.15, 0.2) is 36.4 Å². The van der Waals surface area contributed by atoms with Crippen molar-refractivity contribution in [2.75, 3.05) is 6.61 Å². The molecule has 0 amide bonds. The van der Waals surface area contributed by atoms with E-state index in [1.54, 1.807) is 6.07 Å². The number of rotatable bonds is 5. The van der Waals surface area contributed by atoms with E-state index in [2.05, 4.69) is 0 Å². The first-order valence-corrected chi connectivity index (χ1v) is 8.09. The molecule has 0 fully saturated rings. The van der Waals surface area contributed by atoms with Crippen molar-refractivity contribution in [2.24, 2.45) is 0 Å².